The number of H-pyrrole nitrogens is 1. The minimum Gasteiger partial charge on any atom is -0.281 e. The second-order valence-corrected chi connectivity index (χ2v) is 4.55. The minimum atomic E-state index is 0.0473. The zero-order chi connectivity index (χ0) is 10.3. The van der Waals surface area contributed by atoms with Gasteiger partial charge in [0.15, 0.2) is 5.82 Å². The monoisotopic (exact) mass is 192 g/mol. The minimum absolute atomic E-state index is 0.0473. The molecule has 0 unspecified atom stereocenters. The molecule has 0 spiro atoms. The molecule has 2 rings (SSSR count). The van der Waals surface area contributed by atoms with Crippen LogP contribution < -0.4 is 5.01 Å². The largest absolute Gasteiger partial charge is 0.281 e. The van der Waals surface area contributed by atoms with Crippen molar-refractivity contribution in [3.63, 3.8) is 0 Å². The Morgan fingerprint density at radius 1 is 1.43 bits per heavy atom. The van der Waals surface area contributed by atoms with Gasteiger partial charge in [0, 0.05) is 23.9 Å². The molecule has 0 bridgehead atoms. The third-order valence-electron chi connectivity index (χ3n) is 2.44. The molecule has 0 fully saturated rings. The molecule has 0 aromatic carbocycles. The van der Waals surface area contributed by atoms with Crippen molar-refractivity contribution in [2.24, 2.45) is 5.10 Å². The summed E-state index contributed by atoms with van der Waals surface area (Å²) in [5.41, 5.74) is 2.28. The van der Waals surface area contributed by atoms with E-state index >= 15 is 0 Å². The van der Waals surface area contributed by atoms with Crippen LogP contribution in [-0.2, 0) is 0 Å². The van der Waals surface area contributed by atoms with Crippen LogP contribution in [-0.4, -0.2) is 21.4 Å². The quantitative estimate of drug-likeness (QED) is 0.740. The van der Waals surface area contributed by atoms with Gasteiger partial charge in [-0.25, -0.2) is 5.01 Å². The molecule has 14 heavy (non-hydrogen) atoms. The first-order chi connectivity index (χ1) is 6.49. The van der Waals surface area contributed by atoms with E-state index in [-0.39, 0.29) is 5.54 Å². The fraction of sp³-hybridized carbons (Fsp3) is 0.600. The predicted octanol–water partition coefficient (Wildman–Crippen LogP) is 2.08. The summed E-state index contributed by atoms with van der Waals surface area (Å²) in [6.45, 7) is 8.41. The van der Waals surface area contributed by atoms with Crippen molar-refractivity contribution < 1.29 is 0 Å². The summed E-state index contributed by atoms with van der Waals surface area (Å²) in [7, 11) is 0. The molecule has 0 saturated carbocycles. The van der Waals surface area contributed by atoms with Crippen molar-refractivity contribution in [1.29, 1.82) is 0 Å². The Morgan fingerprint density at radius 3 is 2.57 bits per heavy atom. The first kappa shape index (κ1) is 9.24. The standard InChI is InChI=1S/C10H16N4/c1-7-5-9(12-11-7)14-10(3,4)6-8(2)13-14/h5H,6H2,1-4H3,(H,11,12). The van der Waals surface area contributed by atoms with Gasteiger partial charge < -0.3 is 0 Å². The lowest BCUT2D eigenvalue weighted by molar-refractivity contribution is 0.511. The Morgan fingerprint density at radius 2 is 2.14 bits per heavy atom. The van der Waals surface area contributed by atoms with Crippen molar-refractivity contribution in [3.8, 4) is 0 Å². The highest BCUT2D eigenvalue weighted by atomic mass is 15.5. The van der Waals surface area contributed by atoms with Gasteiger partial charge in [0.05, 0.1) is 5.54 Å². The third-order valence-corrected chi connectivity index (χ3v) is 2.44. The number of nitrogens with one attached hydrogen (secondary N) is 1. The smallest absolute Gasteiger partial charge is 0.171 e. The average molecular weight is 192 g/mol. The maximum atomic E-state index is 4.49. The second kappa shape index (κ2) is 2.83. The molecule has 0 amide bonds. The van der Waals surface area contributed by atoms with Crippen LogP contribution in [0.15, 0.2) is 11.2 Å². The van der Waals surface area contributed by atoms with E-state index in [2.05, 4.69) is 36.1 Å². The SMILES string of the molecule is CC1=NN(c2cc(C)[nH]n2)C(C)(C)C1. The number of hydrogen-bond donors (Lipinski definition) is 1. The van der Waals surface area contributed by atoms with E-state index in [1.165, 1.54) is 0 Å². The van der Waals surface area contributed by atoms with Crippen molar-refractivity contribution in [1.82, 2.24) is 10.2 Å². The molecule has 0 aliphatic carbocycles. The lowest BCUT2D eigenvalue weighted by atomic mass is 9.99. The molecule has 4 heteroatoms. The molecule has 1 aliphatic rings. The van der Waals surface area contributed by atoms with Gasteiger partial charge in [-0.1, -0.05) is 0 Å². The van der Waals surface area contributed by atoms with Gasteiger partial charge in [-0.2, -0.15) is 10.2 Å². The van der Waals surface area contributed by atoms with E-state index < -0.39 is 0 Å². The van der Waals surface area contributed by atoms with Crippen molar-refractivity contribution in [2.75, 3.05) is 5.01 Å². The number of aromatic amines is 1. The number of aryl methyl sites for hydroxylation is 1. The fourth-order valence-corrected chi connectivity index (χ4v) is 1.92. The number of hydrogen-bond acceptors (Lipinski definition) is 3. The second-order valence-electron chi connectivity index (χ2n) is 4.55. The maximum absolute atomic E-state index is 4.49. The summed E-state index contributed by atoms with van der Waals surface area (Å²) in [6.07, 6.45) is 0.999. The van der Waals surface area contributed by atoms with Crippen LogP contribution in [0.2, 0.25) is 0 Å². The van der Waals surface area contributed by atoms with E-state index in [4.69, 9.17) is 0 Å². The molecular formula is C10H16N4. The first-order valence-electron chi connectivity index (χ1n) is 4.85. The molecule has 0 radical (unpaired) electrons. The number of rotatable bonds is 1. The molecule has 0 atom stereocenters. The van der Waals surface area contributed by atoms with E-state index in [1.807, 2.05) is 18.0 Å². The van der Waals surface area contributed by atoms with Crippen LogP contribution in [0.4, 0.5) is 5.82 Å². The van der Waals surface area contributed by atoms with E-state index in [9.17, 15) is 0 Å². The van der Waals surface area contributed by atoms with Crippen LogP contribution in [0.5, 0.6) is 0 Å². The Labute approximate surface area is 84.0 Å². The van der Waals surface area contributed by atoms with Crippen LogP contribution in [0.25, 0.3) is 0 Å². The Bertz CT molecular complexity index is 375. The molecule has 1 aromatic heterocycles. The van der Waals surface area contributed by atoms with Crippen LogP contribution in [0.1, 0.15) is 32.9 Å². The first-order valence-corrected chi connectivity index (χ1v) is 4.85. The topological polar surface area (TPSA) is 44.3 Å². The number of nitrogens with zero attached hydrogens (tertiary/aromatic N) is 3. The average Bonchev–Trinajstić information content (AvgIpc) is 2.55. The highest BCUT2D eigenvalue weighted by Crippen LogP contribution is 2.31. The number of aromatic nitrogens is 2. The summed E-state index contributed by atoms with van der Waals surface area (Å²) < 4.78 is 0. The Balaban J connectivity index is 2.34. The van der Waals surface area contributed by atoms with Crippen molar-refractivity contribution in [3.05, 3.63) is 11.8 Å². The predicted molar refractivity (Wildman–Crippen MR) is 57.6 cm³/mol. The molecule has 2 heterocycles. The molecule has 1 aromatic rings. The van der Waals surface area contributed by atoms with E-state index in [0.717, 1.165) is 23.6 Å². The summed E-state index contributed by atoms with van der Waals surface area (Å²) in [4.78, 5) is 0. The zero-order valence-corrected chi connectivity index (χ0v) is 9.13. The summed E-state index contributed by atoms with van der Waals surface area (Å²) in [5, 5.41) is 13.6. The molecule has 1 aliphatic heterocycles. The fourth-order valence-electron chi connectivity index (χ4n) is 1.92. The Kier molecular flexibility index (Phi) is 1.87. The molecule has 76 valence electrons. The lowest BCUT2D eigenvalue weighted by Gasteiger charge is -2.28. The van der Waals surface area contributed by atoms with Gasteiger partial charge in [0.25, 0.3) is 0 Å². The molecular weight excluding hydrogens is 176 g/mol. The van der Waals surface area contributed by atoms with E-state index in [1.54, 1.807) is 0 Å². The lowest BCUT2D eigenvalue weighted by Crippen LogP contribution is -2.36. The van der Waals surface area contributed by atoms with Gasteiger partial charge in [0.1, 0.15) is 0 Å². The highest BCUT2D eigenvalue weighted by Gasteiger charge is 2.34. The van der Waals surface area contributed by atoms with Gasteiger partial charge in [0.2, 0.25) is 0 Å². The summed E-state index contributed by atoms with van der Waals surface area (Å²) in [5.74, 6) is 0.907. The summed E-state index contributed by atoms with van der Waals surface area (Å²) in [6, 6.07) is 2.02. The Hall–Kier alpha value is -1.32. The van der Waals surface area contributed by atoms with Gasteiger partial charge >= 0.3 is 0 Å². The van der Waals surface area contributed by atoms with Crippen molar-refractivity contribution in [2.45, 2.75) is 39.7 Å². The van der Waals surface area contributed by atoms with Crippen LogP contribution in [0.3, 0.4) is 0 Å². The van der Waals surface area contributed by atoms with Crippen molar-refractivity contribution >= 4 is 11.5 Å². The molecule has 1 N–H and O–H groups in total. The number of anilines is 1. The maximum Gasteiger partial charge on any atom is 0.171 e. The van der Waals surface area contributed by atoms with Gasteiger partial charge in [-0.05, 0) is 27.7 Å². The normalized spacial score (nSPS) is 20.0. The van der Waals surface area contributed by atoms with Gasteiger partial charge in [-0.3, -0.25) is 5.10 Å². The third kappa shape index (κ3) is 1.41. The van der Waals surface area contributed by atoms with Gasteiger partial charge in [-0.15, -0.1) is 0 Å². The molecule has 4 nitrogen and oxygen atoms in total. The van der Waals surface area contributed by atoms with Crippen LogP contribution >= 0.6 is 0 Å². The van der Waals surface area contributed by atoms with E-state index in [0.29, 0.717) is 0 Å². The molecule has 0 saturated heterocycles. The van der Waals surface area contributed by atoms with Crippen LogP contribution in [0, 0.1) is 6.92 Å². The summed E-state index contributed by atoms with van der Waals surface area (Å²) >= 11 is 0. The number of hydrazone groups is 1. The zero-order valence-electron chi connectivity index (χ0n) is 9.13. The highest BCUT2D eigenvalue weighted by molar-refractivity contribution is 5.87.